The number of hydrogen-bond acceptors (Lipinski definition) is 13. The van der Waals surface area contributed by atoms with E-state index in [2.05, 4.69) is 0 Å². The molecular weight excluding hydrogens is 472 g/mol. The van der Waals surface area contributed by atoms with E-state index in [4.69, 9.17) is 27.8 Å². The Balaban J connectivity index is 1.38. The van der Waals surface area contributed by atoms with E-state index in [1.54, 1.807) is 12.1 Å². The first-order chi connectivity index (χ1) is 16.7. The summed E-state index contributed by atoms with van der Waals surface area (Å²) in [6.45, 7) is -1.60. The first-order valence-corrected chi connectivity index (χ1v) is 10.8. The molecule has 2 aromatic heterocycles. The van der Waals surface area contributed by atoms with E-state index < -0.39 is 67.5 Å². The summed E-state index contributed by atoms with van der Waals surface area (Å²) in [7, 11) is 0. The van der Waals surface area contributed by atoms with Gasteiger partial charge in [-0.1, -0.05) is 0 Å². The molecule has 13 heteroatoms. The van der Waals surface area contributed by atoms with Gasteiger partial charge in [0.2, 0.25) is 12.0 Å². The lowest BCUT2D eigenvalue weighted by Gasteiger charge is -2.40. The molecule has 190 valence electrons. The van der Waals surface area contributed by atoms with Crippen LogP contribution in [0.15, 0.2) is 44.2 Å². The van der Waals surface area contributed by atoms with Crippen molar-refractivity contribution in [2.24, 2.45) is 0 Å². The highest BCUT2D eigenvalue weighted by atomic mass is 16.7. The van der Waals surface area contributed by atoms with E-state index in [1.807, 2.05) is 0 Å². The SMILES string of the molecule is O=c1ccc2cc3ccoc3c(OC3OC(COC4OCC(O)(CO)C4O)C(O)C(O)C3O)c2o1. The minimum Gasteiger partial charge on any atom is -0.460 e. The standard InChI is InChI=1S/C22H24O13/c23-7-22(29)8-32-21(19(22)28)31-6-11-13(25)14(26)15(27)20(33-11)35-18-16-10(3-4-30-16)5-9-1-2-12(24)34-17(9)18/h1-5,11,13-15,19-21,23,25-29H,6-8H2. The van der Waals surface area contributed by atoms with Crippen molar-refractivity contribution in [2.75, 3.05) is 19.8 Å². The van der Waals surface area contributed by atoms with Crippen molar-refractivity contribution in [3.63, 3.8) is 0 Å². The molecule has 6 N–H and O–H groups in total. The van der Waals surface area contributed by atoms with Crippen molar-refractivity contribution in [1.29, 1.82) is 0 Å². The molecule has 2 aliphatic heterocycles. The first kappa shape index (κ1) is 24.1. The predicted octanol–water partition coefficient (Wildman–Crippen LogP) is -1.82. The Hall–Kier alpha value is -2.59. The van der Waals surface area contributed by atoms with Gasteiger partial charge in [-0.3, -0.25) is 0 Å². The summed E-state index contributed by atoms with van der Waals surface area (Å²) in [5.41, 5.74) is -2.35. The fourth-order valence-electron chi connectivity index (χ4n) is 4.11. The van der Waals surface area contributed by atoms with Crippen LogP contribution in [0.3, 0.4) is 0 Å². The summed E-state index contributed by atoms with van der Waals surface area (Å²) in [5.74, 6) is -0.0601. The molecule has 2 aliphatic rings. The van der Waals surface area contributed by atoms with E-state index in [-0.39, 0.29) is 23.5 Å². The molecule has 35 heavy (non-hydrogen) atoms. The van der Waals surface area contributed by atoms with Gasteiger partial charge in [0, 0.05) is 16.8 Å². The Morgan fingerprint density at radius 3 is 2.51 bits per heavy atom. The quantitative estimate of drug-likeness (QED) is 0.209. The fraction of sp³-hybridized carbons (Fsp3) is 0.500. The Labute approximate surface area is 196 Å². The van der Waals surface area contributed by atoms with Gasteiger partial charge < -0.3 is 58.4 Å². The average Bonchev–Trinajstić information content (AvgIpc) is 3.43. The normalized spacial score (nSPS) is 35.7. The van der Waals surface area contributed by atoms with Crippen LogP contribution in [0.5, 0.6) is 5.75 Å². The zero-order valence-electron chi connectivity index (χ0n) is 18.1. The number of fused-ring (bicyclic) bond motifs is 2. The Bertz CT molecular complexity index is 1250. The molecule has 0 amide bonds. The predicted molar refractivity (Wildman–Crippen MR) is 113 cm³/mol. The molecule has 13 nitrogen and oxygen atoms in total. The second-order valence-electron chi connectivity index (χ2n) is 8.57. The summed E-state index contributed by atoms with van der Waals surface area (Å²) >= 11 is 0. The van der Waals surface area contributed by atoms with Gasteiger partial charge >= 0.3 is 5.63 Å². The van der Waals surface area contributed by atoms with Crippen molar-refractivity contribution in [3.8, 4) is 5.75 Å². The molecule has 0 saturated carbocycles. The van der Waals surface area contributed by atoms with Gasteiger partial charge in [-0.25, -0.2) is 4.79 Å². The topological polar surface area (TPSA) is 202 Å². The number of rotatable bonds is 6. The molecule has 2 saturated heterocycles. The summed E-state index contributed by atoms with van der Waals surface area (Å²) in [5, 5.41) is 61.8. The maximum absolute atomic E-state index is 11.8. The van der Waals surface area contributed by atoms with Crippen LogP contribution in [0.4, 0.5) is 0 Å². The minimum absolute atomic E-state index is 0.0231. The van der Waals surface area contributed by atoms with E-state index in [0.29, 0.717) is 10.8 Å². The van der Waals surface area contributed by atoms with Gasteiger partial charge in [0.15, 0.2) is 17.5 Å². The first-order valence-electron chi connectivity index (χ1n) is 10.8. The Morgan fingerprint density at radius 2 is 1.77 bits per heavy atom. The molecule has 2 fully saturated rings. The molecule has 0 aliphatic carbocycles. The molecule has 4 heterocycles. The van der Waals surface area contributed by atoms with Crippen molar-refractivity contribution in [3.05, 3.63) is 40.9 Å². The zero-order valence-corrected chi connectivity index (χ0v) is 18.1. The maximum atomic E-state index is 11.8. The highest BCUT2D eigenvalue weighted by Gasteiger charge is 2.50. The van der Waals surface area contributed by atoms with Crippen molar-refractivity contribution >= 4 is 21.9 Å². The minimum atomic E-state index is -1.91. The van der Waals surface area contributed by atoms with Gasteiger partial charge in [0.05, 0.1) is 26.1 Å². The Morgan fingerprint density at radius 1 is 1.00 bits per heavy atom. The van der Waals surface area contributed by atoms with Gasteiger partial charge in [0.25, 0.3) is 0 Å². The van der Waals surface area contributed by atoms with E-state index >= 15 is 0 Å². The van der Waals surface area contributed by atoms with Gasteiger partial charge in [-0.15, -0.1) is 0 Å². The van der Waals surface area contributed by atoms with E-state index in [0.717, 1.165) is 0 Å². The lowest BCUT2D eigenvalue weighted by Crippen LogP contribution is -2.60. The van der Waals surface area contributed by atoms with Crippen LogP contribution in [0.25, 0.3) is 21.9 Å². The van der Waals surface area contributed by atoms with Crippen molar-refractivity contribution < 1.29 is 58.4 Å². The van der Waals surface area contributed by atoms with Crippen LogP contribution in [0.2, 0.25) is 0 Å². The number of hydrogen-bond donors (Lipinski definition) is 6. The average molecular weight is 496 g/mol. The molecule has 8 unspecified atom stereocenters. The number of benzene rings is 1. The van der Waals surface area contributed by atoms with Crippen LogP contribution in [-0.2, 0) is 14.2 Å². The van der Waals surface area contributed by atoms with Crippen LogP contribution >= 0.6 is 0 Å². The van der Waals surface area contributed by atoms with E-state index in [9.17, 15) is 35.4 Å². The van der Waals surface area contributed by atoms with Crippen LogP contribution in [0.1, 0.15) is 0 Å². The number of furan rings is 1. The van der Waals surface area contributed by atoms with E-state index in [1.165, 1.54) is 18.4 Å². The summed E-state index contributed by atoms with van der Waals surface area (Å²) < 4.78 is 32.7. The third-order valence-corrected chi connectivity index (χ3v) is 6.19. The third kappa shape index (κ3) is 4.20. The summed E-state index contributed by atoms with van der Waals surface area (Å²) in [6, 6.07) is 6.11. The molecule has 5 rings (SSSR count). The molecule has 3 aromatic rings. The third-order valence-electron chi connectivity index (χ3n) is 6.19. The second-order valence-corrected chi connectivity index (χ2v) is 8.57. The van der Waals surface area contributed by atoms with Crippen LogP contribution in [-0.4, -0.2) is 99.2 Å². The molecular formula is C22H24O13. The molecule has 8 atom stereocenters. The molecule has 1 aromatic carbocycles. The monoisotopic (exact) mass is 496 g/mol. The largest absolute Gasteiger partial charge is 0.460 e. The Kier molecular flexibility index (Phi) is 6.29. The maximum Gasteiger partial charge on any atom is 0.336 e. The van der Waals surface area contributed by atoms with Crippen molar-refractivity contribution in [1.82, 2.24) is 0 Å². The highest BCUT2D eigenvalue weighted by Crippen LogP contribution is 2.37. The molecule has 0 spiro atoms. The van der Waals surface area contributed by atoms with Crippen LogP contribution in [0, 0.1) is 0 Å². The molecule has 0 radical (unpaired) electrons. The summed E-state index contributed by atoms with van der Waals surface area (Å²) in [4.78, 5) is 11.8. The second kappa shape index (κ2) is 9.13. The van der Waals surface area contributed by atoms with Gasteiger partial charge in [-0.2, -0.15) is 0 Å². The number of aliphatic hydroxyl groups is 6. The highest BCUT2D eigenvalue weighted by molar-refractivity contribution is 5.99. The van der Waals surface area contributed by atoms with Crippen molar-refractivity contribution in [2.45, 2.75) is 48.7 Å². The van der Waals surface area contributed by atoms with Crippen LogP contribution < -0.4 is 10.4 Å². The smallest absolute Gasteiger partial charge is 0.336 e. The van der Waals surface area contributed by atoms with Gasteiger partial charge in [0.1, 0.15) is 36.1 Å². The summed E-state index contributed by atoms with van der Waals surface area (Å²) in [6.07, 6.45) is -9.42. The lowest BCUT2D eigenvalue weighted by atomic mass is 9.99. The fourth-order valence-corrected chi connectivity index (χ4v) is 4.11. The lowest BCUT2D eigenvalue weighted by molar-refractivity contribution is -0.289. The van der Waals surface area contributed by atoms with Gasteiger partial charge in [-0.05, 0) is 18.2 Å². The zero-order chi connectivity index (χ0) is 24.9. The number of ether oxygens (including phenoxy) is 4. The number of aliphatic hydroxyl groups excluding tert-OH is 5. The molecule has 0 bridgehead atoms.